The summed E-state index contributed by atoms with van der Waals surface area (Å²) in [5, 5.41) is 2.78. The Morgan fingerprint density at radius 3 is 1.64 bits per heavy atom. The van der Waals surface area contributed by atoms with Crippen molar-refractivity contribution in [3.05, 3.63) is 12.4 Å². The van der Waals surface area contributed by atoms with E-state index >= 15 is 0 Å². The van der Waals surface area contributed by atoms with Gasteiger partial charge in [0.25, 0.3) is 0 Å². The average Bonchev–Trinajstić information content (AvgIpc) is 2.27. The molecule has 0 atom stereocenters. The molecule has 3 nitrogen and oxygen atoms in total. The summed E-state index contributed by atoms with van der Waals surface area (Å²) in [5.41, 5.74) is -0.259. The highest BCUT2D eigenvalue weighted by atomic mass is 16.2. The van der Waals surface area contributed by atoms with Crippen LogP contribution in [0.3, 0.4) is 0 Å². The summed E-state index contributed by atoms with van der Waals surface area (Å²) in [5.74, 6) is 0. The Bertz CT molecular complexity index is 265. The topological polar surface area (TPSA) is 29.1 Å². The molecule has 2 amide bonds. The van der Waals surface area contributed by atoms with Crippen LogP contribution in [-0.2, 0) is 0 Å². The summed E-state index contributed by atoms with van der Waals surface area (Å²) in [7, 11) is 0. The molecule has 0 aromatic rings. The minimum Gasteiger partial charge on any atom is -0.276 e. The van der Waals surface area contributed by atoms with Crippen LogP contribution in [0.25, 0.3) is 0 Å². The van der Waals surface area contributed by atoms with Crippen LogP contribution in [0.15, 0.2) is 12.4 Å². The molecular weight excluding hydrogens is 176 g/mol. The summed E-state index contributed by atoms with van der Waals surface area (Å²) < 4.78 is 0.347. The molecule has 0 spiro atoms. The van der Waals surface area contributed by atoms with E-state index in [0.717, 1.165) is 0 Å². The lowest BCUT2D eigenvalue weighted by atomic mass is 9.92. The van der Waals surface area contributed by atoms with Crippen molar-refractivity contribution in [3.8, 4) is 0 Å². The Morgan fingerprint density at radius 1 is 1.07 bits per heavy atom. The van der Waals surface area contributed by atoms with Crippen molar-refractivity contribution < 1.29 is 9.28 Å². The number of nitrogens with zero attached hydrogens (tertiary/aromatic N) is 1. The Balaban J connectivity index is 3.31. The first-order valence-corrected chi connectivity index (χ1v) is 5.01. The maximum absolute atomic E-state index is 12.0. The van der Waals surface area contributed by atoms with Crippen molar-refractivity contribution in [3.63, 3.8) is 0 Å². The fourth-order valence-electron chi connectivity index (χ4n) is 2.45. The maximum Gasteiger partial charge on any atom is 0.426 e. The second-order valence-corrected chi connectivity index (χ2v) is 5.83. The van der Waals surface area contributed by atoms with E-state index in [1.807, 2.05) is 6.20 Å². The predicted molar refractivity (Wildman–Crippen MR) is 57.4 cm³/mol. The largest absolute Gasteiger partial charge is 0.426 e. The predicted octanol–water partition coefficient (Wildman–Crippen LogP) is 2.59. The van der Waals surface area contributed by atoms with Gasteiger partial charge in [0, 0.05) is 0 Å². The third-order valence-corrected chi connectivity index (χ3v) is 2.94. The van der Waals surface area contributed by atoms with Crippen molar-refractivity contribution in [2.45, 2.75) is 52.6 Å². The zero-order chi connectivity index (χ0) is 11.2. The fourth-order valence-corrected chi connectivity index (χ4v) is 2.45. The third kappa shape index (κ3) is 1.27. The number of hydrogen-bond acceptors (Lipinski definition) is 1. The molecule has 14 heavy (non-hydrogen) atoms. The molecule has 3 heteroatoms. The van der Waals surface area contributed by atoms with E-state index in [1.54, 1.807) is 6.20 Å². The summed E-state index contributed by atoms with van der Waals surface area (Å²) in [4.78, 5) is 12.0. The van der Waals surface area contributed by atoms with Crippen molar-refractivity contribution in [1.82, 2.24) is 5.32 Å². The van der Waals surface area contributed by atoms with Gasteiger partial charge < -0.3 is 0 Å². The normalized spacial score (nSPS) is 21.1. The van der Waals surface area contributed by atoms with Crippen LogP contribution in [-0.4, -0.2) is 21.6 Å². The van der Waals surface area contributed by atoms with Crippen molar-refractivity contribution in [1.29, 1.82) is 0 Å². The van der Waals surface area contributed by atoms with E-state index < -0.39 is 0 Å². The Hall–Kier alpha value is -0.830. The van der Waals surface area contributed by atoms with Gasteiger partial charge in [-0.3, -0.25) is 5.32 Å². The number of hydrogen-bond donors (Lipinski definition) is 1. The Labute approximate surface area is 86.4 Å². The molecule has 1 N–H and O–H groups in total. The molecule has 0 aromatic heterocycles. The molecule has 0 saturated carbocycles. The zero-order valence-electron chi connectivity index (χ0n) is 10.0. The van der Waals surface area contributed by atoms with Gasteiger partial charge in [0.2, 0.25) is 0 Å². The smallest absolute Gasteiger partial charge is 0.276 e. The minimum atomic E-state index is -0.130. The Kier molecular flexibility index (Phi) is 2.27. The van der Waals surface area contributed by atoms with Crippen LogP contribution >= 0.6 is 0 Å². The van der Waals surface area contributed by atoms with E-state index in [2.05, 4.69) is 46.9 Å². The first-order valence-electron chi connectivity index (χ1n) is 5.01. The molecule has 1 heterocycles. The van der Waals surface area contributed by atoms with Crippen molar-refractivity contribution in [2.75, 3.05) is 0 Å². The van der Waals surface area contributed by atoms with Gasteiger partial charge in [0.05, 0.1) is 6.20 Å². The minimum absolute atomic E-state index is 0.0602. The fraction of sp³-hybridized carbons (Fsp3) is 0.727. The molecule has 1 aliphatic heterocycles. The number of amides is 2. The van der Waals surface area contributed by atoms with Gasteiger partial charge in [0.1, 0.15) is 17.3 Å². The van der Waals surface area contributed by atoms with Gasteiger partial charge in [-0.15, -0.1) is 0 Å². The molecule has 0 bridgehead atoms. The number of rotatable bonds is 0. The lowest BCUT2D eigenvalue weighted by molar-refractivity contribution is -0.891. The van der Waals surface area contributed by atoms with E-state index in [-0.39, 0.29) is 17.1 Å². The second kappa shape index (κ2) is 2.83. The summed E-state index contributed by atoms with van der Waals surface area (Å²) in [6.45, 7) is 12.5. The molecule has 1 rings (SSSR count). The monoisotopic (exact) mass is 197 g/mol. The zero-order valence-corrected chi connectivity index (χ0v) is 10.0. The van der Waals surface area contributed by atoms with Gasteiger partial charge >= 0.3 is 6.03 Å². The van der Waals surface area contributed by atoms with Gasteiger partial charge in [-0.25, -0.2) is 9.28 Å². The van der Waals surface area contributed by atoms with Gasteiger partial charge in [-0.1, -0.05) is 0 Å². The number of carbonyl (C=O) groups is 1. The van der Waals surface area contributed by atoms with Crippen LogP contribution in [0.5, 0.6) is 0 Å². The molecule has 0 aliphatic carbocycles. The SMILES string of the molecule is CC(C)(C)[N+]1(C(C)(C)C)C=CNC1=O. The lowest BCUT2D eigenvalue weighted by Gasteiger charge is -2.48. The molecule has 0 saturated heterocycles. The molecule has 80 valence electrons. The number of nitrogens with one attached hydrogen (secondary N) is 1. The molecule has 1 aliphatic rings. The van der Waals surface area contributed by atoms with Crippen LogP contribution in [0.1, 0.15) is 41.5 Å². The van der Waals surface area contributed by atoms with E-state index in [9.17, 15) is 4.79 Å². The summed E-state index contributed by atoms with van der Waals surface area (Å²) >= 11 is 0. The highest BCUT2D eigenvalue weighted by Crippen LogP contribution is 2.38. The molecule has 0 unspecified atom stereocenters. The second-order valence-electron chi connectivity index (χ2n) is 5.83. The van der Waals surface area contributed by atoms with Crippen LogP contribution < -0.4 is 5.32 Å². The molecule has 0 radical (unpaired) electrons. The van der Waals surface area contributed by atoms with Gasteiger partial charge in [-0.2, -0.15) is 0 Å². The summed E-state index contributed by atoms with van der Waals surface area (Å²) in [6, 6.07) is 0.0602. The van der Waals surface area contributed by atoms with E-state index in [1.165, 1.54) is 0 Å². The maximum atomic E-state index is 12.0. The van der Waals surface area contributed by atoms with Crippen molar-refractivity contribution in [2.24, 2.45) is 0 Å². The number of quaternary nitrogens is 1. The standard InChI is InChI=1S/C11H20N2O/c1-10(2,3)13(11(4,5)6)8-7-12-9(13)14/h7-8H,1-6H3/p+1. The van der Waals surface area contributed by atoms with E-state index in [0.29, 0.717) is 4.48 Å². The van der Waals surface area contributed by atoms with Crippen molar-refractivity contribution >= 4 is 6.03 Å². The first kappa shape index (κ1) is 11.2. The molecule has 0 aromatic carbocycles. The number of urea groups is 1. The highest BCUT2D eigenvalue weighted by Gasteiger charge is 2.56. The van der Waals surface area contributed by atoms with Crippen LogP contribution in [0.2, 0.25) is 0 Å². The lowest BCUT2D eigenvalue weighted by Crippen LogP contribution is -2.68. The Morgan fingerprint density at radius 2 is 1.50 bits per heavy atom. The number of carbonyl (C=O) groups excluding carboxylic acids is 1. The van der Waals surface area contributed by atoms with E-state index in [4.69, 9.17) is 0 Å². The van der Waals surface area contributed by atoms with Gasteiger partial charge in [-0.05, 0) is 41.5 Å². The molecule has 0 fully saturated rings. The summed E-state index contributed by atoms with van der Waals surface area (Å²) in [6.07, 6.45) is 3.71. The quantitative estimate of drug-likeness (QED) is 0.594. The molecular formula is C11H21N2O+. The average molecular weight is 197 g/mol. The van der Waals surface area contributed by atoms with Gasteiger partial charge in [0.15, 0.2) is 0 Å². The third-order valence-electron chi connectivity index (χ3n) is 2.94. The van der Waals surface area contributed by atoms with Crippen LogP contribution in [0, 0.1) is 0 Å². The highest BCUT2D eigenvalue weighted by molar-refractivity contribution is 5.71. The first-order chi connectivity index (χ1) is 6.13. The van der Waals surface area contributed by atoms with Crippen LogP contribution in [0.4, 0.5) is 4.79 Å².